The Morgan fingerprint density at radius 3 is 2.43 bits per heavy atom. The largest absolute Gasteiger partial charge is 0.444 e. The van der Waals surface area contributed by atoms with Crippen LogP contribution in [0.4, 0.5) is 5.69 Å². The van der Waals surface area contributed by atoms with Crippen molar-refractivity contribution in [2.75, 3.05) is 19.4 Å². The number of benzene rings is 1. The molecule has 0 aliphatic carbocycles. The topological polar surface area (TPSA) is 75.4 Å². The number of aryl methyl sites for hydroxylation is 1. The molecule has 0 aliphatic heterocycles. The molecule has 7 heteroatoms. The van der Waals surface area contributed by atoms with Crippen LogP contribution in [0.5, 0.6) is 0 Å². The van der Waals surface area contributed by atoms with E-state index in [1.165, 1.54) is 18.4 Å². The number of aromatic nitrogens is 1. The van der Waals surface area contributed by atoms with Gasteiger partial charge in [-0.3, -0.25) is 0 Å². The number of sulfonamides is 1. The summed E-state index contributed by atoms with van der Waals surface area (Å²) in [5.41, 5.74) is 0.809. The second-order valence-electron chi connectivity index (χ2n) is 4.74. The van der Waals surface area contributed by atoms with Gasteiger partial charge in [-0.05, 0) is 24.3 Å². The lowest BCUT2D eigenvalue weighted by molar-refractivity contribution is 0.466. The maximum Gasteiger partial charge on any atom is 0.242 e. The molecule has 0 amide bonds. The Balaban J connectivity index is 2.03. The fraction of sp³-hybridized carbons (Fsp3) is 0.357. The summed E-state index contributed by atoms with van der Waals surface area (Å²) >= 11 is 0. The predicted octanol–water partition coefficient (Wildman–Crippen LogP) is 2.10. The maximum atomic E-state index is 11.9. The number of rotatable bonds is 6. The van der Waals surface area contributed by atoms with Crippen LogP contribution in [0, 0.1) is 0 Å². The van der Waals surface area contributed by atoms with Gasteiger partial charge in [0, 0.05) is 26.2 Å². The monoisotopic (exact) mass is 309 g/mol. The van der Waals surface area contributed by atoms with Crippen LogP contribution in [0.25, 0.3) is 0 Å². The summed E-state index contributed by atoms with van der Waals surface area (Å²) < 4.78 is 30.6. The van der Waals surface area contributed by atoms with Crippen LogP contribution in [0.1, 0.15) is 18.6 Å². The Morgan fingerprint density at radius 1 is 1.24 bits per heavy atom. The van der Waals surface area contributed by atoms with Crippen molar-refractivity contribution >= 4 is 15.7 Å². The molecule has 1 aromatic heterocycles. The lowest BCUT2D eigenvalue weighted by atomic mass is 10.3. The average molecular weight is 309 g/mol. The SMILES string of the molecule is CCc1cnc(CNc2ccc(S(=O)(=O)N(C)C)cc2)o1. The molecule has 0 bridgehead atoms. The third-order valence-electron chi connectivity index (χ3n) is 3.03. The van der Waals surface area contributed by atoms with E-state index >= 15 is 0 Å². The fourth-order valence-corrected chi connectivity index (χ4v) is 2.63. The molecule has 2 rings (SSSR count). The zero-order chi connectivity index (χ0) is 15.5. The molecule has 1 N–H and O–H groups in total. The van der Waals surface area contributed by atoms with E-state index in [2.05, 4.69) is 10.3 Å². The Labute approximate surface area is 124 Å². The maximum absolute atomic E-state index is 11.9. The van der Waals surface area contributed by atoms with Crippen LogP contribution in [0.2, 0.25) is 0 Å². The van der Waals surface area contributed by atoms with Crippen molar-refractivity contribution < 1.29 is 12.8 Å². The molecular weight excluding hydrogens is 290 g/mol. The Bertz CT molecular complexity index is 691. The van der Waals surface area contributed by atoms with Gasteiger partial charge < -0.3 is 9.73 Å². The number of nitrogens with zero attached hydrogens (tertiary/aromatic N) is 2. The third kappa shape index (κ3) is 3.62. The molecule has 1 aromatic carbocycles. The van der Waals surface area contributed by atoms with Gasteiger partial charge >= 0.3 is 0 Å². The number of nitrogens with one attached hydrogen (secondary N) is 1. The zero-order valence-electron chi connectivity index (χ0n) is 12.3. The van der Waals surface area contributed by atoms with E-state index in [-0.39, 0.29) is 4.90 Å². The van der Waals surface area contributed by atoms with Crippen LogP contribution < -0.4 is 5.32 Å². The van der Waals surface area contributed by atoms with Gasteiger partial charge in [0.2, 0.25) is 15.9 Å². The smallest absolute Gasteiger partial charge is 0.242 e. The minimum absolute atomic E-state index is 0.266. The first kappa shape index (κ1) is 15.5. The summed E-state index contributed by atoms with van der Waals surface area (Å²) in [7, 11) is -0.368. The van der Waals surface area contributed by atoms with Gasteiger partial charge in [-0.2, -0.15) is 0 Å². The highest BCUT2D eigenvalue weighted by molar-refractivity contribution is 7.89. The lowest BCUT2D eigenvalue weighted by Gasteiger charge is -2.11. The third-order valence-corrected chi connectivity index (χ3v) is 4.86. The second-order valence-corrected chi connectivity index (χ2v) is 6.89. The van der Waals surface area contributed by atoms with Gasteiger partial charge in [-0.25, -0.2) is 17.7 Å². The molecule has 0 unspecified atom stereocenters. The summed E-state index contributed by atoms with van der Waals surface area (Å²) in [6.45, 7) is 2.46. The van der Waals surface area contributed by atoms with Crippen molar-refractivity contribution in [3.63, 3.8) is 0 Å². The van der Waals surface area contributed by atoms with E-state index in [9.17, 15) is 8.42 Å². The van der Waals surface area contributed by atoms with E-state index in [1.54, 1.807) is 30.5 Å². The molecule has 1 heterocycles. The van der Waals surface area contributed by atoms with Crippen molar-refractivity contribution in [2.24, 2.45) is 0 Å². The molecule has 2 aromatic rings. The average Bonchev–Trinajstić information content (AvgIpc) is 2.93. The highest BCUT2D eigenvalue weighted by atomic mass is 32.2. The van der Waals surface area contributed by atoms with Crippen molar-refractivity contribution in [1.82, 2.24) is 9.29 Å². The standard InChI is InChI=1S/C14H19N3O3S/c1-4-12-9-16-14(20-12)10-15-11-5-7-13(8-6-11)21(18,19)17(2)3/h5-9,15H,4,10H2,1-3H3. The molecule has 0 saturated carbocycles. The Kier molecular flexibility index (Phi) is 4.64. The zero-order valence-corrected chi connectivity index (χ0v) is 13.1. The van der Waals surface area contributed by atoms with E-state index in [1.807, 2.05) is 6.92 Å². The molecule has 0 fully saturated rings. The fourth-order valence-electron chi connectivity index (χ4n) is 1.73. The van der Waals surface area contributed by atoms with Gasteiger partial charge in [-0.15, -0.1) is 0 Å². The van der Waals surface area contributed by atoms with E-state index in [0.717, 1.165) is 17.9 Å². The molecule has 0 aliphatic rings. The molecule has 0 radical (unpaired) electrons. The normalized spacial score (nSPS) is 11.8. The molecule has 114 valence electrons. The van der Waals surface area contributed by atoms with Gasteiger partial charge in [0.1, 0.15) is 5.76 Å². The van der Waals surface area contributed by atoms with Crippen LogP contribution >= 0.6 is 0 Å². The van der Waals surface area contributed by atoms with E-state index in [0.29, 0.717) is 12.4 Å². The first-order valence-electron chi connectivity index (χ1n) is 6.63. The molecule has 0 atom stereocenters. The second kappa shape index (κ2) is 6.28. The quantitative estimate of drug-likeness (QED) is 0.884. The molecule has 0 spiro atoms. The molecule has 21 heavy (non-hydrogen) atoms. The van der Waals surface area contributed by atoms with Gasteiger partial charge in [-0.1, -0.05) is 6.92 Å². The summed E-state index contributed by atoms with van der Waals surface area (Å²) in [6.07, 6.45) is 2.52. The van der Waals surface area contributed by atoms with Crippen molar-refractivity contribution in [3.8, 4) is 0 Å². The highest BCUT2D eigenvalue weighted by Crippen LogP contribution is 2.17. The van der Waals surface area contributed by atoms with Crippen molar-refractivity contribution in [3.05, 3.63) is 42.1 Å². The van der Waals surface area contributed by atoms with Gasteiger partial charge in [0.25, 0.3) is 0 Å². The Morgan fingerprint density at radius 2 is 1.90 bits per heavy atom. The first-order chi connectivity index (χ1) is 9.93. The van der Waals surface area contributed by atoms with E-state index in [4.69, 9.17) is 4.42 Å². The van der Waals surface area contributed by atoms with Gasteiger partial charge in [0.05, 0.1) is 17.6 Å². The molecular formula is C14H19N3O3S. The number of anilines is 1. The minimum atomic E-state index is -3.39. The van der Waals surface area contributed by atoms with Crippen molar-refractivity contribution in [1.29, 1.82) is 0 Å². The van der Waals surface area contributed by atoms with Crippen LogP contribution in [-0.2, 0) is 23.0 Å². The predicted molar refractivity (Wildman–Crippen MR) is 80.5 cm³/mol. The molecule has 6 nitrogen and oxygen atoms in total. The summed E-state index contributed by atoms with van der Waals surface area (Å²) in [6, 6.07) is 6.59. The van der Waals surface area contributed by atoms with Crippen LogP contribution in [0.15, 0.2) is 39.8 Å². The van der Waals surface area contributed by atoms with E-state index < -0.39 is 10.0 Å². The number of oxazole rings is 1. The van der Waals surface area contributed by atoms with Crippen molar-refractivity contribution in [2.45, 2.75) is 24.8 Å². The van der Waals surface area contributed by atoms with Crippen LogP contribution in [-0.4, -0.2) is 31.8 Å². The molecule has 0 saturated heterocycles. The summed E-state index contributed by atoms with van der Waals surface area (Å²) in [4.78, 5) is 4.42. The number of hydrogen-bond donors (Lipinski definition) is 1. The van der Waals surface area contributed by atoms with Crippen LogP contribution in [0.3, 0.4) is 0 Å². The Hall–Kier alpha value is -1.86. The lowest BCUT2D eigenvalue weighted by Crippen LogP contribution is -2.22. The van der Waals surface area contributed by atoms with Gasteiger partial charge in [0.15, 0.2) is 0 Å². The summed E-state index contributed by atoms with van der Waals surface area (Å²) in [5.74, 6) is 1.45. The minimum Gasteiger partial charge on any atom is -0.444 e. The first-order valence-corrected chi connectivity index (χ1v) is 8.07. The highest BCUT2D eigenvalue weighted by Gasteiger charge is 2.16. The number of hydrogen-bond acceptors (Lipinski definition) is 5. The summed E-state index contributed by atoms with van der Waals surface area (Å²) in [5, 5.41) is 3.14.